The number of carbonyl (C=O) groups excluding carboxylic acids is 1. The van der Waals surface area contributed by atoms with Crippen LogP contribution >= 0.6 is 0 Å². The molecule has 1 aliphatic carbocycles. The fourth-order valence-corrected chi connectivity index (χ4v) is 3.04. The molecule has 0 radical (unpaired) electrons. The van der Waals surface area contributed by atoms with Crippen LogP contribution in [0.5, 0.6) is 0 Å². The van der Waals surface area contributed by atoms with Gasteiger partial charge >= 0.3 is 0 Å². The van der Waals surface area contributed by atoms with Crippen LogP contribution in [-0.2, 0) is 4.79 Å². The van der Waals surface area contributed by atoms with Gasteiger partial charge in [-0.3, -0.25) is 4.79 Å². The number of ketones is 1. The predicted octanol–water partition coefficient (Wildman–Crippen LogP) is 1.41. The second-order valence-corrected chi connectivity index (χ2v) is 5.03. The van der Waals surface area contributed by atoms with Crippen molar-refractivity contribution < 1.29 is 4.79 Å². The van der Waals surface area contributed by atoms with Gasteiger partial charge in [0.2, 0.25) is 0 Å². The average Bonchev–Trinajstić information content (AvgIpc) is 2.05. The molecule has 0 N–H and O–H groups in total. The van der Waals surface area contributed by atoms with Crippen LogP contribution in [0.3, 0.4) is 0 Å². The first-order valence-electron chi connectivity index (χ1n) is 5.32. The summed E-state index contributed by atoms with van der Waals surface area (Å²) in [6.45, 7) is 6.44. The Morgan fingerprint density at radius 3 is 2.08 bits per heavy atom. The van der Waals surface area contributed by atoms with Crippen molar-refractivity contribution in [1.82, 2.24) is 4.90 Å². The first-order chi connectivity index (χ1) is 6.09. The number of fused-ring (bicyclic) bond motifs is 2. The van der Waals surface area contributed by atoms with Gasteiger partial charge in [-0.05, 0) is 25.3 Å². The van der Waals surface area contributed by atoms with Gasteiger partial charge < -0.3 is 4.90 Å². The summed E-state index contributed by atoms with van der Waals surface area (Å²) in [5.74, 6) is 2.41. The standard InChI is InChI=1S/C11H19NO/c1-7-4-8(2)10-6-12(3)5-9(7)11(10)13/h7-10H,4-6H2,1-3H3. The Bertz CT molecular complexity index is 206. The molecule has 1 saturated carbocycles. The molecule has 4 unspecified atom stereocenters. The van der Waals surface area contributed by atoms with Gasteiger partial charge in [0.1, 0.15) is 5.78 Å². The maximum Gasteiger partial charge on any atom is 0.142 e. The van der Waals surface area contributed by atoms with Gasteiger partial charge in [-0.15, -0.1) is 0 Å². The molecular weight excluding hydrogens is 162 g/mol. The number of hydrogen-bond acceptors (Lipinski definition) is 2. The second kappa shape index (κ2) is 3.09. The number of Topliss-reactive ketones (excluding diaryl/α,β-unsaturated/α-hetero) is 1. The maximum absolute atomic E-state index is 11.9. The smallest absolute Gasteiger partial charge is 0.142 e. The minimum Gasteiger partial charge on any atom is -0.305 e. The van der Waals surface area contributed by atoms with Gasteiger partial charge in [0.05, 0.1) is 0 Å². The molecule has 1 heterocycles. The Balaban J connectivity index is 2.22. The van der Waals surface area contributed by atoms with Crippen LogP contribution in [0.2, 0.25) is 0 Å². The summed E-state index contributed by atoms with van der Waals surface area (Å²) in [5, 5.41) is 0. The SMILES string of the molecule is CC1CC(C)C2CN(C)CC1C2=O. The molecule has 2 rings (SSSR count). The highest BCUT2D eigenvalue weighted by Crippen LogP contribution is 2.38. The van der Waals surface area contributed by atoms with Gasteiger partial charge in [-0.2, -0.15) is 0 Å². The molecule has 2 bridgehead atoms. The summed E-state index contributed by atoms with van der Waals surface area (Å²) in [6, 6.07) is 0. The molecule has 1 saturated heterocycles. The Labute approximate surface area is 80.3 Å². The normalized spacial score (nSPS) is 46.5. The topological polar surface area (TPSA) is 20.3 Å². The molecule has 2 fully saturated rings. The van der Waals surface area contributed by atoms with Crippen molar-refractivity contribution in [3.8, 4) is 0 Å². The summed E-state index contributed by atoms with van der Waals surface area (Å²) in [5.41, 5.74) is 0. The molecule has 2 nitrogen and oxygen atoms in total. The van der Waals surface area contributed by atoms with Crippen molar-refractivity contribution >= 4 is 5.78 Å². The highest BCUT2D eigenvalue weighted by molar-refractivity contribution is 5.86. The summed E-state index contributed by atoms with van der Waals surface area (Å²) >= 11 is 0. The molecule has 0 amide bonds. The molecule has 0 aromatic heterocycles. The highest BCUT2D eigenvalue weighted by atomic mass is 16.1. The minimum atomic E-state index is 0.333. The molecule has 2 heteroatoms. The van der Waals surface area contributed by atoms with Crippen molar-refractivity contribution in [2.45, 2.75) is 20.3 Å². The zero-order valence-corrected chi connectivity index (χ0v) is 8.79. The van der Waals surface area contributed by atoms with E-state index >= 15 is 0 Å². The lowest BCUT2D eigenvalue weighted by Gasteiger charge is -2.45. The van der Waals surface area contributed by atoms with Crippen molar-refractivity contribution in [3.63, 3.8) is 0 Å². The quantitative estimate of drug-likeness (QED) is 0.563. The van der Waals surface area contributed by atoms with Crippen molar-refractivity contribution in [3.05, 3.63) is 0 Å². The maximum atomic E-state index is 11.9. The van der Waals surface area contributed by atoms with E-state index in [1.54, 1.807) is 0 Å². The van der Waals surface area contributed by atoms with E-state index in [9.17, 15) is 4.79 Å². The van der Waals surface area contributed by atoms with Gasteiger partial charge in [-0.1, -0.05) is 13.8 Å². The fraction of sp³-hybridized carbons (Fsp3) is 0.909. The van der Waals surface area contributed by atoms with E-state index in [0.717, 1.165) is 13.1 Å². The Hall–Kier alpha value is -0.370. The van der Waals surface area contributed by atoms with E-state index in [1.165, 1.54) is 6.42 Å². The summed E-state index contributed by atoms with van der Waals surface area (Å²) in [6.07, 6.45) is 1.24. The third kappa shape index (κ3) is 1.41. The van der Waals surface area contributed by atoms with Crippen LogP contribution in [0.1, 0.15) is 20.3 Å². The molecule has 74 valence electrons. The lowest BCUT2D eigenvalue weighted by Crippen LogP contribution is -2.53. The first-order valence-corrected chi connectivity index (χ1v) is 5.32. The van der Waals surface area contributed by atoms with E-state index in [2.05, 4.69) is 25.8 Å². The second-order valence-electron chi connectivity index (χ2n) is 5.03. The van der Waals surface area contributed by atoms with E-state index < -0.39 is 0 Å². The van der Waals surface area contributed by atoms with Gasteiger partial charge in [-0.25, -0.2) is 0 Å². The van der Waals surface area contributed by atoms with E-state index in [-0.39, 0.29) is 0 Å². The molecule has 13 heavy (non-hydrogen) atoms. The van der Waals surface area contributed by atoms with Gasteiger partial charge in [0, 0.05) is 24.9 Å². The Morgan fingerprint density at radius 2 is 1.62 bits per heavy atom. The number of likely N-dealkylation sites (tertiary alicyclic amines) is 1. The largest absolute Gasteiger partial charge is 0.305 e. The number of rotatable bonds is 0. The molecule has 0 aromatic rings. The minimum absolute atomic E-state index is 0.333. The first kappa shape index (κ1) is 9.20. The number of carbonyl (C=O) groups is 1. The van der Waals surface area contributed by atoms with Crippen molar-refractivity contribution in [1.29, 1.82) is 0 Å². The van der Waals surface area contributed by atoms with Crippen LogP contribution in [-0.4, -0.2) is 30.8 Å². The lowest BCUT2D eigenvalue weighted by molar-refractivity contribution is -0.139. The third-order valence-electron chi connectivity index (χ3n) is 3.86. The van der Waals surface area contributed by atoms with Crippen LogP contribution in [0, 0.1) is 23.7 Å². The van der Waals surface area contributed by atoms with Gasteiger partial charge in [0.25, 0.3) is 0 Å². The lowest BCUT2D eigenvalue weighted by atomic mass is 9.66. The van der Waals surface area contributed by atoms with Crippen LogP contribution in [0.4, 0.5) is 0 Å². The van der Waals surface area contributed by atoms with Crippen LogP contribution in [0.25, 0.3) is 0 Å². The monoisotopic (exact) mass is 181 g/mol. The molecule has 0 aromatic carbocycles. The molecule has 1 aliphatic heterocycles. The predicted molar refractivity (Wildman–Crippen MR) is 52.4 cm³/mol. The number of nitrogens with zero attached hydrogens (tertiary/aromatic N) is 1. The summed E-state index contributed by atoms with van der Waals surface area (Å²) in [7, 11) is 2.14. The Morgan fingerprint density at radius 1 is 1.15 bits per heavy atom. The van der Waals surface area contributed by atoms with Crippen molar-refractivity contribution in [2.75, 3.05) is 20.1 Å². The summed E-state index contributed by atoms with van der Waals surface area (Å²) in [4.78, 5) is 14.3. The van der Waals surface area contributed by atoms with E-state index in [4.69, 9.17) is 0 Å². The average molecular weight is 181 g/mol. The zero-order valence-electron chi connectivity index (χ0n) is 8.79. The molecule has 0 spiro atoms. The van der Waals surface area contributed by atoms with E-state index in [0.29, 0.717) is 29.5 Å². The molecule has 2 aliphatic rings. The van der Waals surface area contributed by atoms with E-state index in [1.807, 2.05) is 0 Å². The molecular formula is C11H19NO. The molecule has 4 atom stereocenters. The fourth-order valence-electron chi connectivity index (χ4n) is 3.04. The zero-order chi connectivity index (χ0) is 9.59. The summed E-state index contributed by atoms with van der Waals surface area (Å²) < 4.78 is 0. The highest BCUT2D eigenvalue weighted by Gasteiger charge is 2.43. The van der Waals surface area contributed by atoms with Crippen LogP contribution in [0.15, 0.2) is 0 Å². The number of hydrogen-bond donors (Lipinski definition) is 0. The Kier molecular flexibility index (Phi) is 2.18. The number of piperidine rings is 1. The van der Waals surface area contributed by atoms with Crippen molar-refractivity contribution in [2.24, 2.45) is 23.7 Å². The van der Waals surface area contributed by atoms with Gasteiger partial charge in [0.15, 0.2) is 0 Å². The van der Waals surface area contributed by atoms with Crippen LogP contribution < -0.4 is 0 Å². The third-order valence-corrected chi connectivity index (χ3v) is 3.86.